The lowest BCUT2D eigenvalue weighted by atomic mass is 9.98. The van der Waals surface area contributed by atoms with Gasteiger partial charge in [0.05, 0.1) is 6.61 Å². The summed E-state index contributed by atoms with van der Waals surface area (Å²) in [5.41, 5.74) is 8.60. The molecule has 0 aromatic heterocycles. The minimum absolute atomic E-state index is 0.164. The van der Waals surface area contributed by atoms with Crippen molar-refractivity contribution in [3.05, 3.63) is 29.8 Å². The molecule has 1 aromatic carbocycles. The van der Waals surface area contributed by atoms with E-state index in [9.17, 15) is 0 Å². The van der Waals surface area contributed by atoms with Crippen LogP contribution in [0.5, 0.6) is 0 Å². The lowest BCUT2D eigenvalue weighted by Gasteiger charge is -2.34. The second-order valence-electron chi connectivity index (χ2n) is 5.52. The van der Waals surface area contributed by atoms with E-state index >= 15 is 0 Å². The van der Waals surface area contributed by atoms with Gasteiger partial charge in [0.2, 0.25) is 0 Å². The summed E-state index contributed by atoms with van der Waals surface area (Å²) in [6.45, 7) is 5.25. The number of anilines is 1. The van der Waals surface area contributed by atoms with E-state index in [1.165, 1.54) is 24.1 Å². The largest absolute Gasteiger partial charge is 0.384 e. The van der Waals surface area contributed by atoms with Crippen molar-refractivity contribution in [1.82, 2.24) is 0 Å². The van der Waals surface area contributed by atoms with Gasteiger partial charge in [0.1, 0.15) is 0 Å². The van der Waals surface area contributed by atoms with Crippen LogP contribution in [0.2, 0.25) is 0 Å². The van der Waals surface area contributed by atoms with Crippen LogP contribution in [0.3, 0.4) is 0 Å². The Bertz CT molecular complexity index is 375. The number of methoxy groups -OCH3 is 1. The summed E-state index contributed by atoms with van der Waals surface area (Å²) in [5, 5.41) is 0. The number of nitrogens with two attached hydrogens (primary N) is 1. The Labute approximate surface area is 116 Å². The normalized spacial score (nSPS) is 21.4. The van der Waals surface area contributed by atoms with Crippen LogP contribution in [0.25, 0.3) is 0 Å². The number of nitrogens with zero attached hydrogens (tertiary/aromatic N) is 1. The molecule has 106 valence electrons. The van der Waals surface area contributed by atoms with Crippen LogP contribution in [-0.2, 0) is 4.74 Å². The molecular formula is C16H26N2O. The van der Waals surface area contributed by atoms with Crippen molar-refractivity contribution in [2.24, 2.45) is 11.7 Å². The highest BCUT2D eigenvalue weighted by atomic mass is 16.5. The molecular weight excluding hydrogens is 236 g/mol. The maximum absolute atomic E-state index is 6.05. The number of ether oxygens (including phenoxy) is 1. The summed E-state index contributed by atoms with van der Waals surface area (Å²) < 4.78 is 5.29. The van der Waals surface area contributed by atoms with Crippen LogP contribution >= 0.6 is 0 Å². The number of piperidine rings is 1. The zero-order chi connectivity index (χ0) is 13.7. The first-order chi connectivity index (χ1) is 9.24. The molecule has 2 rings (SSSR count). The smallest absolute Gasteiger partial charge is 0.0507 e. The fraction of sp³-hybridized carbons (Fsp3) is 0.625. The number of rotatable bonds is 5. The molecule has 0 bridgehead atoms. The standard InChI is InChI=1S/C16H26N2O/c1-3-16(17)14-6-8-15(9-7-14)18-10-4-5-13(11-18)12-19-2/h6-9,13,16H,3-5,10-12,17H2,1-2H3. The Balaban J connectivity index is 2.01. The summed E-state index contributed by atoms with van der Waals surface area (Å²) in [6.07, 6.45) is 3.52. The van der Waals surface area contributed by atoms with Gasteiger partial charge in [-0.05, 0) is 42.9 Å². The van der Waals surface area contributed by atoms with Gasteiger partial charge in [-0.25, -0.2) is 0 Å². The van der Waals surface area contributed by atoms with Crippen LogP contribution < -0.4 is 10.6 Å². The van der Waals surface area contributed by atoms with Crippen LogP contribution in [0, 0.1) is 5.92 Å². The van der Waals surface area contributed by atoms with Gasteiger partial charge >= 0.3 is 0 Å². The molecule has 2 unspecified atom stereocenters. The molecule has 2 N–H and O–H groups in total. The van der Waals surface area contributed by atoms with Crippen LogP contribution in [-0.4, -0.2) is 26.8 Å². The zero-order valence-electron chi connectivity index (χ0n) is 12.1. The van der Waals surface area contributed by atoms with Crippen molar-refractivity contribution < 1.29 is 4.74 Å². The van der Waals surface area contributed by atoms with Crippen LogP contribution in [0.4, 0.5) is 5.69 Å². The average Bonchev–Trinajstić information content (AvgIpc) is 2.47. The van der Waals surface area contributed by atoms with Crippen LogP contribution in [0.1, 0.15) is 37.8 Å². The van der Waals surface area contributed by atoms with Crippen molar-refractivity contribution >= 4 is 5.69 Å². The van der Waals surface area contributed by atoms with Crippen molar-refractivity contribution in [1.29, 1.82) is 0 Å². The minimum atomic E-state index is 0.164. The molecule has 3 heteroatoms. The van der Waals surface area contributed by atoms with E-state index in [2.05, 4.69) is 36.1 Å². The summed E-state index contributed by atoms with van der Waals surface area (Å²) in [5.74, 6) is 0.663. The molecule has 1 heterocycles. The average molecular weight is 262 g/mol. The quantitative estimate of drug-likeness (QED) is 0.886. The predicted molar refractivity (Wildman–Crippen MR) is 80.5 cm³/mol. The van der Waals surface area contributed by atoms with Crippen LogP contribution in [0.15, 0.2) is 24.3 Å². The third kappa shape index (κ3) is 3.71. The van der Waals surface area contributed by atoms with Gasteiger partial charge in [0, 0.05) is 31.9 Å². The third-order valence-corrected chi connectivity index (χ3v) is 4.05. The van der Waals surface area contributed by atoms with Crippen molar-refractivity contribution in [3.63, 3.8) is 0 Å². The molecule has 0 amide bonds. The molecule has 0 aliphatic carbocycles. The Morgan fingerprint density at radius 1 is 1.37 bits per heavy atom. The number of hydrogen-bond donors (Lipinski definition) is 1. The van der Waals surface area contributed by atoms with Crippen molar-refractivity contribution in [2.75, 3.05) is 31.7 Å². The molecule has 1 aromatic rings. The molecule has 19 heavy (non-hydrogen) atoms. The van der Waals surface area contributed by atoms with Gasteiger partial charge in [-0.15, -0.1) is 0 Å². The second-order valence-corrected chi connectivity index (χ2v) is 5.52. The predicted octanol–water partition coefficient (Wildman–Crippen LogP) is 2.96. The molecule has 1 fully saturated rings. The highest BCUT2D eigenvalue weighted by molar-refractivity contribution is 5.48. The second kappa shape index (κ2) is 6.92. The van der Waals surface area contributed by atoms with Gasteiger partial charge in [-0.3, -0.25) is 0 Å². The van der Waals surface area contributed by atoms with Crippen molar-refractivity contribution in [2.45, 2.75) is 32.2 Å². The Kier molecular flexibility index (Phi) is 5.23. The molecule has 1 aliphatic rings. The fourth-order valence-electron chi connectivity index (χ4n) is 2.84. The van der Waals surface area contributed by atoms with E-state index in [1.54, 1.807) is 7.11 Å². The lowest BCUT2D eigenvalue weighted by molar-refractivity contribution is 0.143. The molecule has 0 radical (unpaired) electrons. The highest BCUT2D eigenvalue weighted by Crippen LogP contribution is 2.25. The molecule has 1 aliphatic heterocycles. The van der Waals surface area contributed by atoms with E-state index in [1.807, 2.05) is 0 Å². The highest BCUT2D eigenvalue weighted by Gasteiger charge is 2.20. The summed E-state index contributed by atoms with van der Waals surface area (Å²) in [7, 11) is 1.79. The SMILES string of the molecule is CCC(N)c1ccc(N2CCCC(COC)C2)cc1. The van der Waals surface area contributed by atoms with Gasteiger partial charge in [0.15, 0.2) is 0 Å². The van der Waals surface area contributed by atoms with E-state index < -0.39 is 0 Å². The lowest BCUT2D eigenvalue weighted by Crippen LogP contribution is -2.37. The molecule has 0 spiro atoms. The summed E-state index contributed by atoms with van der Waals surface area (Å²) in [6, 6.07) is 8.92. The van der Waals surface area contributed by atoms with Crippen molar-refractivity contribution in [3.8, 4) is 0 Å². The maximum atomic E-state index is 6.05. The molecule has 1 saturated heterocycles. The van der Waals surface area contributed by atoms with E-state index in [4.69, 9.17) is 10.5 Å². The number of benzene rings is 1. The summed E-state index contributed by atoms with van der Waals surface area (Å²) in [4.78, 5) is 2.47. The molecule has 2 atom stereocenters. The van der Waals surface area contributed by atoms with Gasteiger partial charge in [-0.1, -0.05) is 19.1 Å². The van der Waals surface area contributed by atoms with E-state index in [0.717, 1.165) is 26.1 Å². The number of hydrogen-bond acceptors (Lipinski definition) is 3. The molecule has 3 nitrogen and oxygen atoms in total. The third-order valence-electron chi connectivity index (χ3n) is 4.05. The Morgan fingerprint density at radius 2 is 2.11 bits per heavy atom. The van der Waals surface area contributed by atoms with E-state index in [0.29, 0.717) is 5.92 Å². The molecule has 0 saturated carbocycles. The zero-order valence-corrected chi connectivity index (χ0v) is 12.1. The van der Waals surface area contributed by atoms with E-state index in [-0.39, 0.29) is 6.04 Å². The topological polar surface area (TPSA) is 38.5 Å². The van der Waals surface area contributed by atoms with Gasteiger partial charge in [0.25, 0.3) is 0 Å². The fourth-order valence-corrected chi connectivity index (χ4v) is 2.84. The van der Waals surface area contributed by atoms with Gasteiger partial charge < -0.3 is 15.4 Å². The summed E-state index contributed by atoms with van der Waals surface area (Å²) >= 11 is 0. The maximum Gasteiger partial charge on any atom is 0.0507 e. The minimum Gasteiger partial charge on any atom is -0.384 e. The monoisotopic (exact) mass is 262 g/mol. The Morgan fingerprint density at radius 3 is 2.74 bits per heavy atom. The first kappa shape index (κ1) is 14.4. The first-order valence-electron chi connectivity index (χ1n) is 7.34. The first-order valence-corrected chi connectivity index (χ1v) is 7.34. The van der Waals surface area contributed by atoms with Gasteiger partial charge in [-0.2, -0.15) is 0 Å². The Hall–Kier alpha value is -1.06.